The van der Waals surface area contributed by atoms with Crippen LogP contribution in [0.2, 0.25) is 0 Å². The minimum Gasteiger partial charge on any atom is -0.490 e. The second-order valence-corrected chi connectivity index (χ2v) is 9.52. The maximum Gasteiger partial charge on any atom is 0.283 e. The number of likely N-dealkylation sites (tertiary alicyclic amines) is 1. The van der Waals surface area contributed by atoms with E-state index in [0.29, 0.717) is 47.8 Å². The normalized spacial score (nSPS) is 15.7. The Balaban J connectivity index is 0.00000304. The van der Waals surface area contributed by atoms with Crippen molar-refractivity contribution in [2.75, 3.05) is 26.2 Å². The van der Waals surface area contributed by atoms with Crippen LogP contribution in [-0.4, -0.2) is 52.5 Å². The third-order valence-corrected chi connectivity index (χ3v) is 6.99. The van der Waals surface area contributed by atoms with Crippen LogP contribution in [0.4, 0.5) is 0 Å². The van der Waals surface area contributed by atoms with E-state index < -0.39 is 6.10 Å². The minimum absolute atomic E-state index is 0. The minimum atomic E-state index is -0.571. The number of halogens is 1. The first-order valence-electron chi connectivity index (χ1n) is 12.5. The van der Waals surface area contributed by atoms with E-state index >= 15 is 0 Å². The standard InChI is InChI=1S/C28H33N3O4.ClH/c1-4-27-29-30-28(35-27)26-15-23-24(6-5-7-25(23)34-26)33-17-22(32)16-31-12-10-20(11-13-31)21-9-8-18(2)19(3)14-21;/h5-9,14-15,20,22,32H,4,10-13,16-17H2,1-3H3;1H/t22-;/m0./s1. The number of hydrogen-bond donors (Lipinski definition) is 1. The number of rotatable bonds is 8. The number of aromatic nitrogens is 2. The average Bonchev–Trinajstić information content (AvgIpc) is 3.52. The van der Waals surface area contributed by atoms with Gasteiger partial charge in [-0.2, -0.15) is 0 Å². The van der Waals surface area contributed by atoms with Gasteiger partial charge in [0.05, 0.1) is 5.39 Å². The zero-order chi connectivity index (χ0) is 24.4. The van der Waals surface area contributed by atoms with Gasteiger partial charge in [-0.05, 0) is 74.5 Å². The molecule has 0 spiro atoms. The van der Waals surface area contributed by atoms with E-state index in [1.165, 1.54) is 16.7 Å². The molecular weight excluding hydrogens is 478 g/mol. The first kappa shape index (κ1) is 26.2. The Morgan fingerprint density at radius 2 is 1.86 bits per heavy atom. The summed E-state index contributed by atoms with van der Waals surface area (Å²) in [5.41, 5.74) is 4.82. The van der Waals surface area contributed by atoms with Gasteiger partial charge in [0.15, 0.2) is 5.76 Å². The van der Waals surface area contributed by atoms with Gasteiger partial charge in [0.25, 0.3) is 5.89 Å². The molecule has 2 aromatic carbocycles. The SMILES string of the molecule is CCc1nnc(-c2cc3c(OC[C@@H](O)CN4CCC(c5ccc(C)c(C)c5)CC4)cccc3o2)o1.Cl. The number of ether oxygens (including phenoxy) is 1. The van der Waals surface area contributed by atoms with Crippen molar-refractivity contribution in [3.05, 3.63) is 65.0 Å². The van der Waals surface area contributed by atoms with Crippen molar-refractivity contribution in [3.8, 4) is 17.4 Å². The van der Waals surface area contributed by atoms with Crippen LogP contribution in [0.25, 0.3) is 22.6 Å². The molecular formula is C28H34ClN3O4. The lowest BCUT2D eigenvalue weighted by Crippen LogP contribution is -2.40. The number of furan rings is 1. The summed E-state index contributed by atoms with van der Waals surface area (Å²) < 4.78 is 17.5. The molecule has 1 atom stereocenters. The second kappa shape index (κ2) is 11.5. The quantitative estimate of drug-likeness (QED) is 0.324. The lowest BCUT2D eigenvalue weighted by Gasteiger charge is -2.33. The van der Waals surface area contributed by atoms with E-state index in [0.717, 1.165) is 31.3 Å². The highest BCUT2D eigenvalue weighted by molar-refractivity contribution is 5.87. The summed E-state index contributed by atoms with van der Waals surface area (Å²) in [5, 5.41) is 19.6. The third-order valence-electron chi connectivity index (χ3n) is 6.99. The molecule has 1 N–H and O–H groups in total. The van der Waals surface area contributed by atoms with E-state index in [-0.39, 0.29) is 19.0 Å². The average molecular weight is 512 g/mol. The molecule has 0 unspecified atom stereocenters. The van der Waals surface area contributed by atoms with Crippen molar-refractivity contribution in [3.63, 3.8) is 0 Å². The highest BCUT2D eigenvalue weighted by atomic mass is 35.5. The van der Waals surface area contributed by atoms with Gasteiger partial charge >= 0.3 is 0 Å². The fourth-order valence-corrected chi connectivity index (χ4v) is 4.77. The molecule has 0 bridgehead atoms. The van der Waals surface area contributed by atoms with Gasteiger partial charge in [0, 0.05) is 19.0 Å². The number of hydrogen-bond acceptors (Lipinski definition) is 7. The zero-order valence-corrected chi connectivity index (χ0v) is 21.9. The second-order valence-electron chi connectivity index (χ2n) is 9.52. The molecule has 36 heavy (non-hydrogen) atoms. The van der Waals surface area contributed by atoms with E-state index in [2.05, 4.69) is 47.1 Å². The summed E-state index contributed by atoms with van der Waals surface area (Å²) in [7, 11) is 0. The molecule has 7 nitrogen and oxygen atoms in total. The highest BCUT2D eigenvalue weighted by Gasteiger charge is 2.23. The molecule has 4 aromatic rings. The number of aryl methyl sites for hydroxylation is 3. The van der Waals surface area contributed by atoms with Crippen LogP contribution >= 0.6 is 12.4 Å². The molecule has 8 heteroatoms. The first-order chi connectivity index (χ1) is 17.0. The van der Waals surface area contributed by atoms with Crippen molar-refractivity contribution in [2.45, 2.75) is 52.1 Å². The Morgan fingerprint density at radius 3 is 2.58 bits per heavy atom. The Kier molecular flexibility index (Phi) is 8.34. The summed E-state index contributed by atoms with van der Waals surface area (Å²) in [5.74, 6) is 2.70. The lowest BCUT2D eigenvalue weighted by atomic mass is 9.88. The van der Waals surface area contributed by atoms with Crippen LogP contribution in [0, 0.1) is 13.8 Å². The lowest BCUT2D eigenvalue weighted by molar-refractivity contribution is 0.0599. The molecule has 0 aliphatic carbocycles. The van der Waals surface area contributed by atoms with Crippen LogP contribution in [0.1, 0.15) is 48.3 Å². The largest absolute Gasteiger partial charge is 0.490 e. The maximum absolute atomic E-state index is 10.7. The van der Waals surface area contributed by atoms with Crippen molar-refractivity contribution in [1.82, 2.24) is 15.1 Å². The third kappa shape index (κ3) is 5.75. The van der Waals surface area contributed by atoms with Crippen molar-refractivity contribution in [1.29, 1.82) is 0 Å². The summed E-state index contributed by atoms with van der Waals surface area (Å²) in [6.07, 6.45) is 2.33. The van der Waals surface area contributed by atoms with Gasteiger partial charge in [-0.3, -0.25) is 0 Å². The fraction of sp³-hybridized carbons (Fsp3) is 0.429. The number of aliphatic hydroxyl groups is 1. The van der Waals surface area contributed by atoms with E-state index in [1.807, 2.05) is 31.2 Å². The number of β-amino-alcohol motifs (C(OH)–C–C–N with tert-alkyl or cyclic N) is 1. The van der Waals surface area contributed by atoms with Gasteiger partial charge in [0.2, 0.25) is 5.89 Å². The molecule has 5 rings (SSSR count). The number of nitrogens with zero attached hydrogens (tertiary/aromatic N) is 3. The number of benzene rings is 2. The molecule has 3 heterocycles. The van der Waals surface area contributed by atoms with Gasteiger partial charge in [0.1, 0.15) is 24.0 Å². The van der Waals surface area contributed by atoms with Gasteiger partial charge in [-0.15, -0.1) is 22.6 Å². The van der Waals surface area contributed by atoms with Crippen molar-refractivity contribution in [2.24, 2.45) is 0 Å². The number of piperidine rings is 1. The summed E-state index contributed by atoms with van der Waals surface area (Å²) in [6, 6.07) is 14.3. The molecule has 2 aromatic heterocycles. The first-order valence-corrected chi connectivity index (χ1v) is 12.5. The Hall–Kier alpha value is -2.87. The predicted octanol–water partition coefficient (Wildman–Crippen LogP) is 5.70. The Labute approximate surface area is 217 Å². The molecule has 0 saturated carbocycles. The van der Waals surface area contributed by atoms with Gasteiger partial charge in [-0.1, -0.05) is 31.2 Å². The highest BCUT2D eigenvalue weighted by Crippen LogP contribution is 2.33. The number of aliphatic hydroxyl groups excluding tert-OH is 1. The maximum atomic E-state index is 10.7. The molecule has 1 aliphatic heterocycles. The zero-order valence-electron chi connectivity index (χ0n) is 21.1. The molecule has 192 valence electrons. The van der Waals surface area contributed by atoms with E-state index in [4.69, 9.17) is 13.6 Å². The monoisotopic (exact) mass is 511 g/mol. The Morgan fingerprint density at radius 1 is 1.06 bits per heavy atom. The summed E-state index contributed by atoms with van der Waals surface area (Å²) in [4.78, 5) is 2.34. The smallest absolute Gasteiger partial charge is 0.283 e. The van der Waals surface area contributed by atoms with Crippen LogP contribution < -0.4 is 4.74 Å². The van der Waals surface area contributed by atoms with E-state index in [1.54, 1.807) is 0 Å². The molecule has 1 saturated heterocycles. The van der Waals surface area contributed by atoms with Crippen LogP contribution in [0.3, 0.4) is 0 Å². The molecule has 0 radical (unpaired) electrons. The summed E-state index contributed by atoms with van der Waals surface area (Å²) >= 11 is 0. The topological polar surface area (TPSA) is 84.8 Å². The molecule has 0 amide bonds. The Bertz CT molecular complexity index is 1290. The van der Waals surface area contributed by atoms with Gasteiger partial charge < -0.3 is 23.6 Å². The van der Waals surface area contributed by atoms with Crippen LogP contribution in [0.5, 0.6) is 5.75 Å². The number of fused-ring (bicyclic) bond motifs is 1. The predicted molar refractivity (Wildman–Crippen MR) is 142 cm³/mol. The fourth-order valence-electron chi connectivity index (χ4n) is 4.77. The van der Waals surface area contributed by atoms with E-state index in [9.17, 15) is 5.11 Å². The van der Waals surface area contributed by atoms with Crippen molar-refractivity contribution < 1.29 is 18.7 Å². The molecule has 1 aliphatic rings. The summed E-state index contributed by atoms with van der Waals surface area (Å²) in [6.45, 7) is 9.10. The van der Waals surface area contributed by atoms with Gasteiger partial charge in [-0.25, -0.2) is 0 Å². The molecule has 1 fully saturated rings. The van der Waals surface area contributed by atoms with Crippen molar-refractivity contribution >= 4 is 23.4 Å². The van der Waals surface area contributed by atoms with Crippen LogP contribution in [0.15, 0.2) is 51.3 Å². The van der Waals surface area contributed by atoms with Crippen LogP contribution in [-0.2, 0) is 6.42 Å².